The lowest BCUT2D eigenvalue weighted by atomic mass is 9.98. The molecule has 1 aliphatic rings. The third-order valence-corrected chi connectivity index (χ3v) is 3.13. The van der Waals surface area contributed by atoms with Crippen molar-refractivity contribution in [1.29, 1.82) is 0 Å². The number of piperidine rings is 1. The van der Waals surface area contributed by atoms with Crippen molar-refractivity contribution in [2.24, 2.45) is 11.7 Å². The third-order valence-electron chi connectivity index (χ3n) is 2.73. The van der Waals surface area contributed by atoms with E-state index in [0.29, 0.717) is 12.4 Å². The molecule has 1 atom stereocenters. The Morgan fingerprint density at radius 3 is 2.88 bits per heavy atom. The highest BCUT2D eigenvalue weighted by molar-refractivity contribution is 6.32. The summed E-state index contributed by atoms with van der Waals surface area (Å²) in [7, 11) is 0. The number of hydrogen-bond donors (Lipinski definition) is 1. The van der Waals surface area contributed by atoms with Gasteiger partial charge in [0.15, 0.2) is 11.0 Å². The van der Waals surface area contributed by atoms with Gasteiger partial charge in [-0.05, 0) is 24.4 Å². The Labute approximate surface area is 108 Å². The fraction of sp³-hybridized carbons (Fsp3) is 0.556. The highest BCUT2D eigenvalue weighted by atomic mass is 35.5. The summed E-state index contributed by atoms with van der Waals surface area (Å²) in [5, 5.41) is 7.44. The summed E-state index contributed by atoms with van der Waals surface area (Å²) in [6.07, 6.45) is 1.64. The zero-order chi connectivity index (χ0) is 12.4. The zero-order valence-electron chi connectivity index (χ0n) is 8.94. The van der Waals surface area contributed by atoms with Gasteiger partial charge in [0.05, 0.1) is 5.92 Å². The van der Waals surface area contributed by atoms with Crippen molar-refractivity contribution in [2.45, 2.75) is 12.8 Å². The van der Waals surface area contributed by atoms with Crippen LogP contribution in [0.15, 0.2) is 0 Å². The zero-order valence-corrected chi connectivity index (χ0v) is 10.4. The van der Waals surface area contributed by atoms with Crippen LogP contribution in [0.3, 0.4) is 0 Å². The second kappa shape index (κ2) is 5.01. The fourth-order valence-corrected chi connectivity index (χ4v) is 2.21. The lowest BCUT2D eigenvalue weighted by Crippen LogP contribution is -2.41. The number of hydrogen-bond acceptors (Lipinski definition) is 5. The third kappa shape index (κ3) is 2.76. The van der Waals surface area contributed by atoms with Gasteiger partial charge in [0.2, 0.25) is 11.2 Å². The summed E-state index contributed by atoms with van der Waals surface area (Å²) in [4.78, 5) is 17.1. The van der Waals surface area contributed by atoms with Crippen LogP contribution in [0.5, 0.6) is 0 Å². The average molecular weight is 276 g/mol. The summed E-state index contributed by atoms with van der Waals surface area (Å²) in [5.41, 5.74) is 5.30. The van der Waals surface area contributed by atoms with Gasteiger partial charge in [0, 0.05) is 13.1 Å². The first-order valence-corrected chi connectivity index (χ1v) is 5.93. The molecule has 2 N–H and O–H groups in total. The molecular formula is C9H11Cl2N5O. The predicted octanol–water partition coefficient (Wildman–Crippen LogP) is 0.880. The van der Waals surface area contributed by atoms with Gasteiger partial charge in [-0.15, -0.1) is 10.2 Å². The second-order valence-corrected chi connectivity index (χ2v) is 4.58. The minimum Gasteiger partial charge on any atom is -0.369 e. The van der Waals surface area contributed by atoms with Gasteiger partial charge in [0.25, 0.3) is 0 Å². The highest BCUT2D eigenvalue weighted by Gasteiger charge is 2.26. The lowest BCUT2D eigenvalue weighted by molar-refractivity contribution is -0.122. The monoisotopic (exact) mass is 275 g/mol. The van der Waals surface area contributed by atoms with Gasteiger partial charge >= 0.3 is 0 Å². The molecule has 1 aliphatic heterocycles. The summed E-state index contributed by atoms with van der Waals surface area (Å²) < 4.78 is 0. The van der Waals surface area contributed by atoms with Crippen molar-refractivity contribution in [3.63, 3.8) is 0 Å². The molecule has 0 aliphatic carbocycles. The Morgan fingerprint density at radius 2 is 2.18 bits per heavy atom. The van der Waals surface area contributed by atoms with Crippen molar-refractivity contribution in [1.82, 2.24) is 15.2 Å². The Balaban J connectivity index is 2.21. The Bertz CT molecular complexity index is 441. The number of amides is 1. The van der Waals surface area contributed by atoms with Crippen molar-refractivity contribution in [3.05, 3.63) is 10.4 Å². The average Bonchev–Trinajstić information content (AvgIpc) is 2.32. The SMILES string of the molecule is NC(=O)C1CCCN(c2nc(Cl)nnc2Cl)C1. The van der Waals surface area contributed by atoms with E-state index in [-0.39, 0.29) is 22.3 Å². The summed E-state index contributed by atoms with van der Waals surface area (Å²) >= 11 is 11.6. The van der Waals surface area contributed by atoms with E-state index in [1.54, 1.807) is 0 Å². The maximum Gasteiger partial charge on any atom is 0.245 e. The molecule has 0 saturated carbocycles. The van der Waals surface area contributed by atoms with E-state index < -0.39 is 0 Å². The minimum atomic E-state index is -0.307. The Hall–Kier alpha value is -1.14. The number of rotatable bonds is 2. The number of carbonyl (C=O) groups is 1. The topological polar surface area (TPSA) is 85.0 Å². The van der Waals surface area contributed by atoms with Gasteiger partial charge in [-0.1, -0.05) is 11.6 Å². The molecule has 1 amide bonds. The Kier molecular flexibility index (Phi) is 3.63. The molecule has 1 saturated heterocycles. The maximum absolute atomic E-state index is 11.2. The number of halogens is 2. The van der Waals surface area contributed by atoms with E-state index >= 15 is 0 Å². The van der Waals surface area contributed by atoms with Gasteiger partial charge in [-0.3, -0.25) is 4.79 Å². The van der Waals surface area contributed by atoms with E-state index in [4.69, 9.17) is 28.9 Å². The number of carbonyl (C=O) groups excluding carboxylic acids is 1. The standard InChI is InChI=1S/C9H11Cl2N5O/c10-6-8(13-9(11)15-14-6)16-3-1-2-5(4-16)7(12)17/h5H,1-4H2,(H2,12,17). The number of primary amides is 1. The highest BCUT2D eigenvalue weighted by Crippen LogP contribution is 2.26. The number of nitrogens with two attached hydrogens (primary N) is 1. The van der Waals surface area contributed by atoms with E-state index in [9.17, 15) is 4.79 Å². The largest absolute Gasteiger partial charge is 0.369 e. The van der Waals surface area contributed by atoms with Crippen molar-refractivity contribution < 1.29 is 4.79 Å². The molecule has 1 fully saturated rings. The van der Waals surface area contributed by atoms with E-state index in [1.807, 2.05) is 4.90 Å². The molecule has 1 aromatic heterocycles. The number of anilines is 1. The summed E-state index contributed by atoms with van der Waals surface area (Å²) in [6, 6.07) is 0. The van der Waals surface area contributed by atoms with Crippen molar-refractivity contribution in [2.75, 3.05) is 18.0 Å². The van der Waals surface area contributed by atoms with Crippen LogP contribution in [0.25, 0.3) is 0 Å². The Morgan fingerprint density at radius 1 is 1.41 bits per heavy atom. The number of nitrogens with zero attached hydrogens (tertiary/aromatic N) is 4. The molecule has 17 heavy (non-hydrogen) atoms. The van der Waals surface area contributed by atoms with E-state index in [2.05, 4.69) is 15.2 Å². The second-order valence-electron chi connectivity index (χ2n) is 3.88. The van der Waals surface area contributed by atoms with Crippen LogP contribution >= 0.6 is 23.2 Å². The molecule has 0 aromatic carbocycles. The van der Waals surface area contributed by atoms with Crippen LogP contribution in [-0.2, 0) is 4.79 Å². The minimum absolute atomic E-state index is 0.0330. The number of aromatic nitrogens is 3. The first-order chi connectivity index (χ1) is 8.08. The van der Waals surface area contributed by atoms with Crippen molar-refractivity contribution >= 4 is 34.9 Å². The van der Waals surface area contributed by atoms with Crippen LogP contribution in [0.4, 0.5) is 5.82 Å². The first-order valence-electron chi connectivity index (χ1n) is 5.18. The molecular weight excluding hydrogens is 265 g/mol. The van der Waals surface area contributed by atoms with E-state index in [0.717, 1.165) is 19.4 Å². The quantitative estimate of drug-likeness (QED) is 0.866. The molecule has 0 bridgehead atoms. The molecule has 2 rings (SSSR count). The molecule has 8 heteroatoms. The summed E-state index contributed by atoms with van der Waals surface area (Å²) in [6.45, 7) is 1.24. The first kappa shape index (κ1) is 12.3. The maximum atomic E-state index is 11.2. The molecule has 6 nitrogen and oxygen atoms in total. The van der Waals surface area contributed by atoms with Gasteiger partial charge in [-0.2, -0.15) is 4.98 Å². The van der Waals surface area contributed by atoms with Crippen LogP contribution in [0, 0.1) is 5.92 Å². The molecule has 92 valence electrons. The fourth-order valence-electron chi connectivity index (χ4n) is 1.89. The van der Waals surface area contributed by atoms with Gasteiger partial charge in [0.1, 0.15) is 0 Å². The van der Waals surface area contributed by atoms with E-state index in [1.165, 1.54) is 0 Å². The molecule has 0 spiro atoms. The van der Waals surface area contributed by atoms with Crippen molar-refractivity contribution in [3.8, 4) is 0 Å². The van der Waals surface area contributed by atoms with Crippen LogP contribution in [0.1, 0.15) is 12.8 Å². The van der Waals surface area contributed by atoms with Crippen LogP contribution in [0.2, 0.25) is 10.4 Å². The molecule has 1 aromatic rings. The molecule has 1 unspecified atom stereocenters. The predicted molar refractivity (Wildman–Crippen MR) is 64.0 cm³/mol. The van der Waals surface area contributed by atoms with Gasteiger partial charge < -0.3 is 10.6 Å². The molecule has 2 heterocycles. The smallest absolute Gasteiger partial charge is 0.245 e. The lowest BCUT2D eigenvalue weighted by Gasteiger charge is -2.32. The normalized spacial score (nSPS) is 20.4. The van der Waals surface area contributed by atoms with Crippen LogP contribution < -0.4 is 10.6 Å². The van der Waals surface area contributed by atoms with Gasteiger partial charge in [-0.25, -0.2) is 0 Å². The van der Waals surface area contributed by atoms with Crippen LogP contribution in [-0.4, -0.2) is 34.2 Å². The molecule has 0 radical (unpaired) electrons. The summed E-state index contributed by atoms with van der Waals surface area (Å²) in [5.74, 6) is -0.0369.